The molecule has 0 N–H and O–H groups in total. The van der Waals surface area contributed by atoms with E-state index in [9.17, 15) is 9.18 Å². The third-order valence-electron chi connectivity index (χ3n) is 4.26. The van der Waals surface area contributed by atoms with E-state index in [1.807, 2.05) is 36.4 Å². The largest absolute Gasteiger partial charge is 0.305 e. The van der Waals surface area contributed by atoms with Crippen LogP contribution in [-0.2, 0) is 6.42 Å². The van der Waals surface area contributed by atoms with Crippen molar-refractivity contribution in [1.82, 2.24) is 9.78 Å². The molecule has 0 spiro atoms. The third-order valence-corrected chi connectivity index (χ3v) is 4.26. The van der Waals surface area contributed by atoms with Gasteiger partial charge in [-0.1, -0.05) is 30.3 Å². The standard InChI is InChI=1S/C19H16FN3O/c20-17-10-4-6-14-7-5-11-22(18(14)17)19(24)15-12-21-23(13-15)16-8-2-1-3-9-16/h1-4,6,8-10,12-13H,5,7,11H2. The predicted molar refractivity (Wildman–Crippen MR) is 90.0 cm³/mol. The second kappa shape index (κ2) is 5.92. The summed E-state index contributed by atoms with van der Waals surface area (Å²) in [4.78, 5) is 14.4. The molecule has 2 heterocycles. The molecule has 0 radical (unpaired) electrons. The lowest BCUT2D eigenvalue weighted by molar-refractivity contribution is 0.0984. The Morgan fingerprint density at radius 2 is 1.92 bits per heavy atom. The molecule has 0 atom stereocenters. The SMILES string of the molecule is O=C(c1cnn(-c2ccccc2)c1)N1CCCc2cccc(F)c21. The first kappa shape index (κ1) is 14.6. The maximum atomic E-state index is 14.3. The molecule has 1 amide bonds. The van der Waals surface area contributed by atoms with Gasteiger partial charge in [0, 0.05) is 12.7 Å². The summed E-state index contributed by atoms with van der Waals surface area (Å²) in [6.07, 6.45) is 4.84. The minimum atomic E-state index is -0.351. The molecule has 0 saturated carbocycles. The summed E-state index contributed by atoms with van der Waals surface area (Å²) >= 11 is 0. The molecule has 0 aliphatic carbocycles. The van der Waals surface area contributed by atoms with Crippen molar-refractivity contribution in [2.75, 3.05) is 11.4 Å². The van der Waals surface area contributed by atoms with Crippen LogP contribution in [0.2, 0.25) is 0 Å². The highest BCUT2D eigenvalue weighted by atomic mass is 19.1. The monoisotopic (exact) mass is 321 g/mol. The Labute approximate surface area is 139 Å². The minimum Gasteiger partial charge on any atom is -0.305 e. The van der Waals surface area contributed by atoms with Gasteiger partial charge in [-0.25, -0.2) is 9.07 Å². The van der Waals surface area contributed by atoms with Gasteiger partial charge in [0.1, 0.15) is 5.82 Å². The van der Waals surface area contributed by atoms with E-state index in [1.54, 1.807) is 16.9 Å². The number of aromatic nitrogens is 2. The number of amides is 1. The summed E-state index contributed by atoms with van der Waals surface area (Å²) in [6.45, 7) is 0.517. The third kappa shape index (κ3) is 2.48. The molecule has 120 valence electrons. The zero-order chi connectivity index (χ0) is 16.5. The Kier molecular flexibility index (Phi) is 3.61. The van der Waals surface area contributed by atoms with Crippen molar-refractivity contribution >= 4 is 11.6 Å². The molecule has 5 heteroatoms. The zero-order valence-corrected chi connectivity index (χ0v) is 13.0. The van der Waals surface area contributed by atoms with Gasteiger partial charge >= 0.3 is 0 Å². The number of para-hydroxylation sites is 2. The lowest BCUT2D eigenvalue weighted by Gasteiger charge is -2.29. The van der Waals surface area contributed by atoms with Gasteiger partial charge in [0.25, 0.3) is 5.91 Å². The van der Waals surface area contributed by atoms with Crippen molar-refractivity contribution in [3.05, 3.63) is 77.9 Å². The molecule has 1 aromatic heterocycles. The average molecular weight is 321 g/mol. The highest BCUT2D eigenvalue weighted by Crippen LogP contribution is 2.31. The molecule has 0 fully saturated rings. The number of benzene rings is 2. The number of carbonyl (C=O) groups excluding carboxylic acids is 1. The molecule has 24 heavy (non-hydrogen) atoms. The van der Waals surface area contributed by atoms with Crippen molar-refractivity contribution in [3.63, 3.8) is 0 Å². The Balaban J connectivity index is 1.68. The molecular formula is C19H16FN3O. The smallest absolute Gasteiger partial charge is 0.261 e. The van der Waals surface area contributed by atoms with E-state index >= 15 is 0 Å². The van der Waals surface area contributed by atoms with Crippen molar-refractivity contribution < 1.29 is 9.18 Å². The Hall–Kier alpha value is -2.95. The number of anilines is 1. The van der Waals surface area contributed by atoms with E-state index in [-0.39, 0.29) is 11.7 Å². The lowest BCUT2D eigenvalue weighted by Crippen LogP contribution is -2.36. The van der Waals surface area contributed by atoms with Gasteiger partial charge in [-0.2, -0.15) is 5.10 Å². The van der Waals surface area contributed by atoms with Crippen LogP contribution in [0.4, 0.5) is 10.1 Å². The summed E-state index contributed by atoms with van der Waals surface area (Å²) in [5, 5.41) is 4.26. The number of aryl methyl sites for hydroxylation is 1. The van der Waals surface area contributed by atoms with Crippen molar-refractivity contribution in [2.24, 2.45) is 0 Å². The zero-order valence-electron chi connectivity index (χ0n) is 13.0. The van der Waals surface area contributed by atoms with Crippen LogP contribution >= 0.6 is 0 Å². The lowest BCUT2D eigenvalue weighted by atomic mass is 10.0. The van der Waals surface area contributed by atoms with Crippen LogP contribution in [0.3, 0.4) is 0 Å². The fourth-order valence-corrected chi connectivity index (χ4v) is 3.12. The first-order valence-electron chi connectivity index (χ1n) is 7.93. The summed E-state index contributed by atoms with van der Waals surface area (Å²) in [5.74, 6) is -0.570. The highest BCUT2D eigenvalue weighted by Gasteiger charge is 2.27. The molecule has 0 bridgehead atoms. The van der Waals surface area contributed by atoms with Crippen LogP contribution in [0.1, 0.15) is 22.3 Å². The Bertz CT molecular complexity index is 889. The summed E-state index contributed by atoms with van der Waals surface area (Å²) in [6, 6.07) is 14.5. The number of rotatable bonds is 2. The Morgan fingerprint density at radius 1 is 1.08 bits per heavy atom. The molecule has 4 nitrogen and oxygen atoms in total. The van der Waals surface area contributed by atoms with Gasteiger partial charge in [0.05, 0.1) is 23.1 Å². The molecule has 0 saturated heterocycles. The molecule has 4 rings (SSSR count). The summed E-state index contributed by atoms with van der Waals surface area (Å²) in [7, 11) is 0. The van der Waals surface area contributed by atoms with E-state index in [0.717, 1.165) is 24.1 Å². The van der Waals surface area contributed by atoms with E-state index < -0.39 is 0 Å². The van der Waals surface area contributed by atoms with Gasteiger partial charge < -0.3 is 4.90 Å². The molecule has 3 aromatic rings. The van der Waals surface area contributed by atoms with Crippen molar-refractivity contribution in [1.29, 1.82) is 0 Å². The Morgan fingerprint density at radius 3 is 2.75 bits per heavy atom. The maximum Gasteiger partial charge on any atom is 0.261 e. The fourth-order valence-electron chi connectivity index (χ4n) is 3.12. The van der Waals surface area contributed by atoms with Crippen LogP contribution in [-0.4, -0.2) is 22.2 Å². The summed E-state index contributed by atoms with van der Waals surface area (Å²) in [5.41, 5.74) is 2.61. The first-order valence-corrected chi connectivity index (χ1v) is 7.93. The quantitative estimate of drug-likeness (QED) is 0.723. The van der Waals surface area contributed by atoms with Crippen molar-refractivity contribution in [2.45, 2.75) is 12.8 Å². The van der Waals surface area contributed by atoms with Gasteiger partial charge in [-0.05, 0) is 36.6 Å². The van der Waals surface area contributed by atoms with Gasteiger partial charge in [0.2, 0.25) is 0 Å². The second-order valence-electron chi connectivity index (χ2n) is 5.82. The normalized spacial score (nSPS) is 13.6. The summed E-state index contributed by atoms with van der Waals surface area (Å²) < 4.78 is 15.9. The molecule has 0 unspecified atom stereocenters. The molecular weight excluding hydrogens is 305 g/mol. The number of fused-ring (bicyclic) bond motifs is 1. The van der Waals surface area contributed by atoms with E-state index in [4.69, 9.17) is 0 Å². The van der Waals surface area contributed by atoms with Crippen LogP contribution in [0.5, 0.6) is 0 Å². The number of carbonyl (C=O) groups is 1. The van der Waals surface area contributed by atoms with E-state index in [1.165, 1.54) is 17.2 Å². The molecule has 1 aliphatic heterocycles. The predicted octanol–water partition coefficient (Wildman–Crippen LogP) is 3.60. The van der Waals surface area contributed by atoms with E-state index in [0.29, 0.717) is 17.8 Å². The van der Waals surface area contributed by atoms with E-state index in [2.05, 4.69) is 5.10 Å². The maximum absolute atomic E-state index is 14.3. The van der Waals surface area contributed by atoms with Crippen molar-refractivity contribution in [3.8, 4) is 5.69 Å². The van der Waals surface area contributed by atoms with Gasteiger partial charge in [-0.3, -0.25) is 4.79 Å². The van der Waals surface area contributed by atoms with Crippen LogP contribution in [0.15, 0.2) is 60.9 Å². The van der Waals surface area contributed by atoms with Gasteiger partial charge in [-0.15, -0.1) is 0 Å². The fraction of sp³-hybridized carbons (Fsp3) is 0.158. The molecule has 1 aliphatic rings. The van der Waals surface area contributed by atoms with Crippen LogP contribution in [0.25, 0.3) is 5.69 Å². The van der Waals surface area contributed by atoms with Gasteiger partial charge in [0.15, 0.2) is 0 Å². The average Bonchev–Trinajstić information content (AvgIpc) is 3.12. The molecule has 2 aromatic carbocycles. The van der Waals surface area contributed by atoms with Crippen LogP contribution in [0, 0.1) is 5.82 Å². The topological polar surface area (TPSA) is 38.1 Å². The highest BCUT2D eigenvalue weighted by molar-refractivity contribution is 6.06. The number of nitrogens with zero attached hydrogens (tertiary/aromatic N) is 3. The minimum absolute atomic E-state index is 0.219. The van der Waals surface area contributed by atoms with Crippen LogP contribution < -0.4 is 4.90 Å². The second-order valence-corrected chi connectivity index (χ2v) is 5.82. The number of hydrogen-bond acceptors (Lipinski definition) is 2. The number of hydrogen-bond donors (Lipinski definition) is 0. The first-order chi connectivity index (χ1) is 11.7. The number of halogens is 1.